The van der Waals surface area contributed by atoms with Crippen LogP contribution in [0.15, 0.2) is 47.6 Å². The standard InChI is InChI=1S/C20H23N3O2S/c1-4-13-12-26-20-22-18(16-7-5-6-10-21-16)19(23(13)20)15-9-8-14(24-2)11-17(15)25-3/h5-11,13,18-19H,4,12H2,1-3H3. The predicted octanol–water partition coefficient (Wildman–Crippen LogP) is 4.08. The van der Waals surface area contributed by atoms with E-state index in [2.05, 4.69) is 28.9 Å². The Morgan fingerprint density at radius 1 is 1.19 bits per heavy atom. The number of hydrogen-bond donors (Lipinski definition) is 0. The van der Waals surface area contributed by atoms with Gasteiger partial charge in [0.1, 0.15) is 17.5 Å². The lowest BCUT2D eigenvalue weighted by atomic mass is 9.94. The smallest absolute Gasteiger partial charge is 0.160 e. The van der Waals surface area contributed by atoms with Crippen molar-refractivity contribution in [2.45, 2.75) is 31.5 Å². The van der Waals surface area contributed by atoms with Gasteiger partial charge in [0.15, 0.2) is 5.17 Å². The number of aliphatic imine (C=N–C) groups is 1. The fourth-order valence-corrected chi connectivity index (χ4v) is 5.09. The molecule has 0 spiro atoms. The molecular formula is C20H23N3O2S. The molecular weight excluding hydrogens is 346 g/mol. The van der Waals surface area contributed by atoms with Crippen molar-refractivity contribution >= 4 is 16.9 Å². The highest BCUT2D eigenvalue weighted by Gasteiger charge is 2.46. The highest BCUT2D eigenvalue weighted by Crippen LogP contribution is 2.50. The SMILES string of the molecule is CCC1CSC2=NC(c3ccccn3)C(c3ccc(OC)cc3OC)N21. The molecule has 4 rings (SSSR count). The number of fused-ring (bicyclic) bond motifs is 1. The molecule has 2 aliphatic heterocycles. The van der Waals surface area contributed by atoms with E-state index >= 15 is 0 Å². The Hall–Kier alpha value is -2.21. The van der Waals surface area contributed by atoms with Gasteiger partial charge >= 0.3 is 0 Å². The molecule has 1 fully saturated rings. The molecule has 0 amide bonds. The molecule has 0 bridgehead atoms. The summed E-state index contributed by atoms with van der Waals surface area (Å²) in [4.78, 5) is 12.1. The number of amidine groups is 1. The van der Waals surface area contributed by atoms with Crippen molar-refractivity contribution in [1.82, 2.24) is 9.88 Å². The van der Waals surface area contributed by atoms with Gasteiger partial charge in [0.25, 0.3) is 0 Å². The van der Waals surface area contributed by atoms with Gasteiger partial charge in [0.05, 0.1) is 26.0 Å². The van der Waals surface area contributed by atoms with Crippen LogP contribution in [0.1, 0.15) is 36.7 Å². The maximum atomic E-state index is 5.72. The summed E-state index contributed by atoms with van der Waals surface area (Å²) in [7, 11) is 3.38. The highest BCUT2D eigenvalue weighted by atomic mass is 32.2. The number of benzene rings is 1. The van der Waals surface area contributed by atoms with Crippen molar-refractivity contribution < 1.29 is 9.47 Å². The van der Waals surface area contributed by atoms with Gasteiger partial charge in [-0.15, -0.1) is 0 Å². The number of thioether (sulfide) groups is 1. The van der Waals surface area contributed by atoms with E-state index in [-0.39, 0.29) is 12.1 Å². The van der Waals surface area contributed by atoms with Crippen LogP contribution < -0.4 is 9.47 Å². The van der Waals surface area contributed by atoms with Gasteiger partial charge in [0.2, 0.25) is 0 Å². The molecule has 3 unspecified atom stereocenters. The van der Waals surface area contributed by atoms with E-state index in [1.54, 1.807) is 14.2 Å². The van der Waals surface area contributed by atoms with Gasteiger partial charge in [-0.2, -0.15) is 0 Å². The Morgan fingerprint density at radius 2 is 2.08 bits per heavy atom. The molecule has 1 aromatic heterocycles. The Balaban J connectivity index is 1.82. The van der Waals surface area contributed by atoms with Gasteiger partial charge in [-0.1, -0.05) is 24.8 Å². The summed E-state index contributed by atoms with van der Waals surface area (Å²) in [5, 5.41) is 1.12. The van der Waals surface area contributed by atoms with Gasteiger partial charge in [-0.05, 0) is 30.7 Å². The van der Waals surface area contributed by atoms with Crippen LogP contribution in [0.5, 0.6) is 11.5 Å². The zero-order chi connectivity index (χ0) is 18.1. The number of nitrogens with zero attached hydrogens (tertiary/aromatic N) is 3. The largest absolute Gasteiger partial charge is 0.497 e. The van der Waals surface area contributed by atoms with Gasteiger partial charge in [-0.25, -0.2) is 0 Å². The monoisotopic (exact) mass is 369 g/mol. The topological polar surface area (TPSA) is 47.0 Å². The molecule has 2 aromatic rings. The van der Waals surface area contributed by atoms with E-state index in [0.29, 0.717) is 6.04 Å². The summed E-state index contributed by atoms with van der Waals surface area (Å²) >= 11 is 1.85. The molecule has 3 heterocycles. The van der Waals surface area contributed by atoms with Crippen molar-refractivity contribution in [3.63, 3.8) is 0 Å². The number of aromatic nitrogens is 1. The molecule has 136 valence electrons. The molecule has 26 heavy (non-hydrogen) atoms. The summed E-state index contributed by atoms with van der Waals surface area (Å²) in [6.07, 6.45) is 2.93. The normalized spacial score (nSPS) is 24.3. The number of ether oxygens (including phenoxy) is 2. The van der Waals surface area contributed by atoms with Crippen LogP contribution in [0.4, 0.5) is 0 Å². The van der Waals surface area contributed by atoms with E-state index in [1.807, 2.05) is 42.2 Å². The fourth-order valence-electron chi connectivity index (χ4n) is 3.75. The second-order valence-electron chi connectivity index (χ2n) is 6.44. The third kappa shape index (κ3) is 2.82. The highest BCUT2D eigenvalue weighted by molar-refractivity contribution is 8.14. The molecule has 0 radical (unpaired) electrons. The lowest BCUT2D eigenvalue weighted by molar-refractivity contribution is 0.248. The van der Waals surface area contributed by atoms with Crippen LogP contribution in [0.3, 0.4) is 0 Å². The van der Waals surface area contributed by atoms with E-state index in [4.69, 9.17) is 14.5 Å². The minimum absolute atomic E-state index is 0.0321. The average Bonchev–Trinajstić information content (AvgIpc) is 3.27. The van der Waals surface area contributed by atoms with Crippen LogP contribution in [0.2, 0.25) is 0 Å². The van der Waals surface area contributed by atoms with Crippen LogP contribution in [0.25, 0.3) is 0 Å². The Kier molecular flexibility index (Phi) is 4.76. The second-order valence-corrected chi connectivity index (χ2v) is 7.43. The quantitative estimate of drug-likeness (QED) is 0.795. The number of methoxy groups -OCH3 is 2. The molecule has 2 aliphatic rings. The molecule has 1 aromatic carbocycles. The summed E-state index contributed by atoms with van der Waals surface area (Å²) < 4.78 is 11.1. The molecule has 3 atom stereocenters. The first-order valence-corrected chi connectivity index (χ1v) is 9.87. The number of hydrogen-bond acceptors (Lipinski definition) is 6. The lowest BCUT2D eigenvalue weighted by Crippen LogP contribution is -2.35. The van der Waals surface area contributed by atoms with Crippen LogP contribution in [0, 0.1) is 0 Å². The minimum atomic E-state index is -0.0321. The van der Waals surface area contributed by atoms with Crippen LogP contribution >= 0.6 is 11.8 Å². The summed E-state index contributed by atoms with van der Waals surface area (Å²) in [6, 6.07) is 12.6. The maximum absolute atomic E-state index is 5.72. The third-order valence-electron chi connectivity index (χ3n) is 5.09. The molecule has 6 heteroatoms. The first-order valence-electron chi connectivity index (χ1n) is 8.88. The van der Waals surface area contributed by atoms with Gasteiger partial charge < -0.3 is 14.4 Å². The van der Waals surface area contributed by atoms with Crippen LogP contribution in [-0.2, 0) is 0 Å². The summed E-state index contributed by atoms with van der Waals surface area (Å²) in [5.41, 5.74) is 2.12. The number of pyridine rings is 1. The minimum Gasteiger partial charge on any atom is -0.497 e. The number of rotatable bonds is 5. The first kappa shape index (κ1) is 17.2. The van der Waals surface area contributed by atoms with E-state index in [1.165, 1.54) is 0 Å². The summed E-state index contributed by atoms with van der Waals surface area (Å²) in [6.45, 7) is 2.24. The van der Waals surface area contributed by atoms with E-state index < -0.39 is 0 Å². The zero-order valence-electron chi connectivity index (χ0n) is 15.3. The van der Waals surface area contributed by atoms with Crippen molar-refractivity contribution in [2.24, 2.45) is 4.99 Å². The van der Waals surface area contributed by atoms with Crippen LogP contribution in [-0.4, -0.2) is 41.1 Å². The average molecular weight is 369 g/mol. The predicted molar refractivity (Wildman–Crippen MR) is 105 cm³/mol. The van der Waals surface area contributed by atoms with Crippen molar-refractivity contribution in [3.8, 4) is 11.5 Å². The van der Waals surface area contributed by atoms with E-state index in [9.17, 15) is 0 Å². The molecule has 5 nitrogen and oxygen atoms in total. The fraction of sp³-hybridized carbons (Fsp3) is 0.400. The molecule has 0 N–H and O–H groups in total. The first-order chi connectivity index (χ1) is 12.8. The maximum Gasteiger partial charge on any atom is 0.160 e. The Bertz CT molecular complexity index is 812. The second kappa shape index (κ2) is 7.19. The zero-order valence-corrected chi connectivity index (χ0v) is 16.1. The van der Waals surface area contributed by atoms with Crippen molar-refractivity contribution in [3.05, 3.63) is 53.9 Å². The summed E-state index contributed by atoms with van der Waals surface area (Å²) in [5.74, 6) is 2.71. The lowest BCUT2D eigenvalue weighted by Gasteiger charge is -2.32. The molecule has 1 saturated heterocycles. The van der Waals surface area contributed by atoms with Gasteiger partial charge in [0, 0.05) is 29.6 Å². The molecule has 0 saturated carbocycles. The third-order valence-corrected chi connectivity index (χ3v) is 6.21. The molecule has 0 aliphatic carbocycles. The van der Waals surface area contributed by atoms with Crippen molar-refractivity contribution in [1.29, 1.82) is 0 Å². The Morgan fingerprint density at radius 3 is 2.77 bits per heavy atom. The van der Waals surface area contributed by atoms with Crippen molar-refractivity contribution in [2.75, 3.05) is 20.0 Å². The van der Waals surface area contributed by atoms with Gasteiger partial charge in [-0.3, -0.25) is 9.98 Å². The van der Waals surface area contributed by atoms with E-state index in [0.717, 1.165) is 40.1 Å². The Labute approximate surface area is 158 Å².